The molecule has 0 aromatic heterocycles. The fourth-order valence-corrected chi connectivity index (χ4v) is 0.724. The van der Waals surface area contributed by atoms with Gasteiger partial charge in [-0.3, -0.25) is 0 Å². The summed E-state index contributed by atoms with van der Waals surface area (Å²) in [5.41, 5.74) is 0. The first-order valence-corrected chi connectivity index (χ1v) is 5.80. The molecule has 0 aromatic carbocycles. The van der Waals surface area contributed by atoms with Crippen LogP contribution >= 0.6 is 0 Å². The van der Waals surface area contributed by atoms with Gasteiger partial charge in [-0.1, -0.05) is 39.5 Å². The topological polar surface area (TPSA) is 57.5 Å². The number of aliphatic hydroxyl groups is 2. The average Bonchev–Trinajstić information content (AvgIpc) is 2.27. The fraction of sp³-hybridized carbons (Fsp3) is 1.00. The Bertz CT molecular complexity index is 56.4. The van der Waals surface area contributed by atoms with Gasteiger partial charge in [0.2, 0.25) is 0 Å². The van der Waals surface area contributed by atoms with Crippen LogP contribution in [-0.2, 0) is 21.0 Å². The first-order valence-electron chi connectivity index (χ1n) is 5.23. The molecule has 0 atom stereocenters. The molecule has 0 radical (unpaired) electrons. The second kappa shape index (κ2) is 29.2. The van der Waals surface area contributed by atoms with Gasteiger partial charge in [-0.15, -0.1) is 0 Å². The summed E-state index contributed by atoms with van der Waals surface area (Å²) in [6.07, 6.45) is 6.65. The van der Waals surface area contributed by atoms with Gasteiger partial charge in [0.15, 0.2) is 0 Å². The van der Waals surface area contributed by atoms with E-state index in [4.69, 9.17) is 13.9 Å². The van der Waals surface area contributed by atoms with Crippen molar-refractivity contribution < 1.29 is 31.3 Å². The summed E-state index contributed by atoms with van der Waals surface area (Å²) in [6, 6.07) is 0. The molecule has 0 heterocycles. The van der Waals surface area contributed by atoms with E-state index in [1.54, 1.807) is 0 Å². The molecule has 0 rings (SSSR count). The average molecular weight is 243 g/mol. The zero-order valence-corrected chi connectivity index (χ0v) is 10.8. The van der Waals surface area contributed by atoms with E-state index in [2.05, 4.69) is 13.8 Å². The van der Waals surface area contributed by atoms with Gasteiger partial charge >= 0.3 is 21.0 Å². The van der Waals surface area contributed by atoms with E-state index < -0.39 is 0 Å². The van der Waals surface area contributed by atoms with Crippen LogP contribution in [0.1, 0.15) is 52.4 Å². The molecular weight excluding hydrogens is 219 g/mol. The van der Waals surface area contributed by atoms with E-state index in [9.17, 15) is 0 Å². The third kappa shape index (κ3) is 39.6. The molecule has 0 unspecified atom stereocenters. The molecule has 3 nitrogen and oxygen atoms in total. The third-order valence-corrected chi connectivity index (χ3v) is 1.52. The van der Waals surface area contributed by atoms with Gasteiger partial charge in [-0.25, -0.2) is 0 Å². The molecule has 0 aromatic rings. The van der Waals surface area contributed by atoms with Crippen LogP contribution in [0.15, 0.2) is 0 Å². The molecule has 87 valence electrons. The minimum atomic E-state index is 0.355. The molecule has 0 aliphatic carbocycles. The van der Waals surface area contributed by atoms with E-state index in [1.165, 1.54) is 12.8 Å². The quantitative estimate of drug-likeness (QED) is 0.703. The van der Waals surface area contributed by atoms with Gasteiger partial charge in [0.1, 0.15) is 0 Å². The zero-order chi connectivity index (χ0) is 11.7. The molecule has 0 aliphatic heterocycles. The van der Waals surface area contributed by atoms with E-state index in [-0.39, 0.29) is 0 Å². The zero-order valence-electron chi connectivity index (χ0n) is 9.41. The number of aliphatic hydroxyl groups excluding tert-OH is 2. The van der Waals surface area contributed by atoms with E-state index >= 15 is 0 Å². The molecule has 0 amide bonds. The Morgan fingerprint density at radius 3 is 1.14 bits per heavy atom. The summed E-state index contributed by atoms with van der Waals surface area (Å²) in [4.78, 5) is 0. The van der Waals surface area contributed by atoms with E-state index in [0.29, 0.717) is 13.2 Å². The molecular formula is C10H24O3V. The minimum absolute atomic E-state index is 0.355. The van der Waals surface area contributed by atoms with Crippen LogP contribution < -0.4 is 0 Å². The van der Waals surface area contributed by atoms with Crippen molar-refractivity contribution in [3.63, 3.8) is 0 Å². The van der Waals surface area contributed by atoms with E-state index in [1.807, 2.05) is 0 Å². The van der Waals surface area contributed by atoms with Crippen molar-refractivity contribution in [1.29, 1.82) is 0 Å². The van der Waals surface area contributed by atoms with Crippen molar-refractivity contribution >= 4 is 0 Å². The summed E-state index contributed by atoms with van der Waals surface area (Å²) in [7, 11) is 0. The van der Waals surface area contributed by atoms with Crippen LogP contribution in [0.5, 0.6) is 0 Å². The molecule has 14 heavy (non-hydrogen) atoms. The maximum absolute atomic E-state index is 8.20. The van der Waals surface area contributed by atoms with Crippen LogP contribution in [0.25, 0.3) is 0 Å². The van der Waals surface area contributed by atoms with Crippen molar-refractivity contribution in [3.8, 4) is 0 Å². The Kier molecular flexibility index (Phi) is 41.3. The number of unbranched alkanes of at least 4 members (excludes halogenated alkanes) is 4. The summed E-state index contributed by atoms with van der Waals surface area (Å²) in [5, 5.41) is 16.4. The van der Waals surface area contributed by atoms with Crippen LogP contribution in [0.2, 0.25) is 0 Å². The Labute approximate surface area is 97.1 Å². The molecule has 0 aliphatic rings. The van der Waals surface area contributed by atoms with Gasteiger partial charge < -0.3 is 10.2 Å². The van der Waals surface area contributed by atoms with Crippen LogP contribution in [-0.4, -0.2) is 23.4 Å². The first kappa shape index (κ1) is 19.8. The predicted octanol–water partition coefficient (Wildman–Crippen LogP) is 2.22. The van der Waals surface area contributed by atoms with Crippen molar-refractivity contribution in [3.05, 3.63) is 0 Å². The third-order valence-electron chi connectivity index (χ3n) is 1.52. The molecule has 0 saturated heterocycles. The number of hydrogen-bond acceptors (Lipinski definition) is 3. The fourth-order valence-electron chi connectivity index (χ4n) is 0.724. The second-order valence-electron chi connectivity index (χ2n) is 2.86. The van der Waals surface area contributed by atoms with Crippen LogP contribution in [0.3, 0.4) is 0 Å². The SMILES string of the molecule is CCCCCO.CCCCCO.[O]=[V]. The monoisotopic (exact) mass is 243 g/mol. The van der Waals surface area contributed by atoms with Gasteiger partial charge in [0.25, 0.3) is 0 Å². The van der Waals surface area contributed by atoms with Crippen molar-refractivity contribution in [2.24, 2.45) is 0 Å². The van der Waals surface area contributed by atoms with Crippen LogP contribution in [0, 0.1) is 0 Å². The molecule has 4 heteroatoms. The predicted molar refractivity (Wildman–Crippen MR) is 53.9 cm³/mol. The molecule has 0 spiro atoms. The number of hydrogen-bond donors (Lipinski definition) is 2. The Morgan fingerprint density at radius 1 is 0.786 bits per heavy atom. The van der Waals surface area contributed by atoms with Crippen molar-refractivity contribution in [2.75, 3.05) is 13.2 Å². The summed E-state index contributed by atoms with van der Waals surface area (Å²) in [5.74, 6) is 0. The van der Waals surface area contributed by atoms with Gasteiger partial charge in [-0.05, 0) is 12.8 Å². The van der Waals surface area contributed by atoms with E-state index in [0.717, 1.165) is 43.1 Å². The molecule has 0 fully saturated rings. The summed E-state index contributed by atoms with van der Waals surface area (Å²) < 4.78 is 8.19. The molecule has 0 bridgehead atoms. The van der Waals surface area contributed by atoms with Crippen molar-refractivity contribution in [1.82, 2.24) is 0 Å². The Balaban J connectivity index is -0.000000147. The van der Waals surface area contributed by atoms with Gasteiger partial charge in [0.05, 0.1) is 0 Å². The maximum atomic E-state index is 8.20. The molecule has 2 N–H and O–H groups in total. The van der Waals surface area contributed by atoms with Crippen molar-refractivity contribution in [2.45, 2.75) is 52.4 Å². The van der Waals surface area contributed by atoms with Gasteiger partial charge in [-0.2, -0.15) is 0 Å². The van der Waals surface area contributed by atoms with Crippen LogP contribution in [0.4, 0.5) is 0 Å². The Hall–Kier alpha value is 0.304. The standard InChI is InChI=1S/2C5H12O.O.V/c2*1-2-3-4-5-6;;/h2*6H,2-5H2,1H3;;. The Morgan fingerprint density at radius 2 is 1.07 bits per heavy atom. The first-order chi connectivity index (χ1) is 6.83. The molecule has 0 saturated carbocycles. The normalized spacial score (nSPS) is 7.93. The summed E-state index contributed by atoms with van der Waals surface area (Å²) in [6.45, 7) is 4.95. The summed E-state index contributed by atoms with van der Waals surface area (Å²) >= 11 is 1.06. The number of rotatable bonds is 6. The second-order valence-corrected chi connectivity index (χ2v) is 2.86. The van der Waals surface area contributed by atoms with Gasteiger partial charge in [0, 0.05) is 13.2 Å².